The van der Waals surface area contributed by atoms with E-state index in [0.29, 0.717) is 5.58 Å². The van der Waals surface area contributed by atoms with Crippen molar-refractivity contribution in [3.63, 3.8) is 0 Å². The van der Waals surface area contributed by atoms with Gasteiger partial charge in [-0.05, 0) is 31.0 Å². The number of carbonyl (C=O) groups excluding carboxylic acids is 1. The molecule has 3 rings (SSSR count). The summed E-state index contributed by atoms with van der Waals surface area (Å²) >= 11 is 0. The summed E-state index contributed by atoms with van der Waals surface area (Å²) in [5.74, 6) is 0.547. The van der Waals surface area contributed by atoms with E-state index < -0.39 is 5.91 Å². The maximum Gasteiger partial charge on any atom is 0.284 e. The minimum absolute atomic E-state index is 0.203. The molecule has 16 heavy (non-hydrogen) atoms. The summed E-state index contributed by atoms with van der Waals surface area (Å²) in [6, 6.07) is 5.39. The number of hydrogen-bond donors (Lipinski definition) is 1. The molecular weight excluding hydrogens is 206 g/mol. The van der Waals surface area contributed by atoms with E-state index in [4.69, 9.17) is 14.9 Å². The van der Waals surface area contributed by atoms with Crippen molar-refractivity contribution in [2.75, 3.05) is 6.61 Å². The third-order valence-electron chi connectivity index (χ3n) is 2.84. The van der Waals surface area contributed by atoms with Crippen molar-refractivity contribution in [2.24, 2.45) is 5.73 Å². The molecule has 2 N–H and O–H groups in total. The number of primary amides is 1. The van der Waals surface area contributed by atoms with Gasteiger partial charge in [0.05, 0.1) is 6.61 Å². The van der Waals surface area contributed by atoms with Crippen LogP contribution in [0.4, 0.5) is 0 Å². The highest BCUT2D eigenvalue weighted by atomic mass is 16.5. The molecule has 4 heteroatoms. The van der Waals surface area contributed by atoms with Crippen LogP contribution in [-0.4, -0.2) is 12.5 Å². The average Bonchev–Trinajstić information content (AvgIpc) is 2.73. The first-order valence-electron chi connectivity index (χ1n) is 5.24. The molecule has 0 saturated carbocycles. The zero-order valence-electron chi connectivity index (χ0n) is 8.66. The predicted molar refractivity (Wildman–Crippen MR) is 58.5 cm³/mol. The Kier molecular flexibility index (Phi) is 1.89. The molecule has 0 unspecified atom stereocenters. The molecule has 1 amide bonds. The monoisotopic (exact) mass is 217 g/mol. The van der Waals surface area contributed by atoms with Gasteiger partial charge in [-0.1, -0.05) is 0 Å². The van der Waals surface area contributed by atoms with Crippen LogP contribution < -0.4 is 10.5 Å². The molecule has 0 bridgehead atoms. The van der Waals surface area contributed by atoms with E-state index in [1.54, 1.807) is 6.07 Å². The van der Waals surface area contributed by atoms with Gasteiger partial charge in [0.2, 0.25) is 0 Å². The highest BCUT2D eigenvalue weighted by Gasteiger charge is 2.17. The summed E-state index contributed by atoms with van der Waals surface area (Å²) in [4.78, 5) is 11.0. The van der Waals surface area contributed by atoms with Crippen LogP contribution in [0.1, 0.15) is 22.5 Å². The van der Waals surface area contributed by atoms with Crippen molar-refractivity contribution >= 4 is 16.9 Å². The molecular formula is C12H11NO3. The zero-order chi connectivity index (χ0) is 11.1. The lowest BCUT2D eigenvalue weighted by atomic mass is 10.0. The van der Waals surface area contributed by atoms with Crippen molar-refractivity contribution in [2.45, 2.75) is 12.8 Å². The molecule has 1 aromatic carbocycles. The Morgan fingerprint density at radius 1 is 1.38 bits per heavy atom. The lowest BCUT2D eigenvalue weighted by Crippen LogP contribution is -2.09. The SMILES string of the molecule is NC(=O)c1cc2c3c(ccc2o1)OCCC3. The van der Waals surface area contributed by atoms with Crippen LogP contribution in [0.3, 0.4) is 0 Å². The van der Waals surface area contributed by atoms with Gasteiger partial charge in [0.25, 0.3) is 5.91 Å². The third kappa shape index (κ3) is 1.26. The van der Waals surface area contributed by atoms with E-state index in [0.717, 1.165) is 36.1 Å². The van der Waals surface area contributed by atoms with E-state index in [9.17, 15) is 4.79 Å². The first-order valence-corrected chi connectivity index (χ1v) is 5.24. The molecule has 0 radical (unpaired) electrons. The van der Waals surface area contributed by atoms with Gasteiger partial charge in [-0.15, -0.1) is 0 Å². The zero-order valence-corrected chi connectivity index (χ0v) is 8.66. The van der Waals surface area contributed by atoms with Gasteiger partial charge >= 0.3 is 0 Å². The van der Waals surface area contributed by atoms with E-state index in [-0.39, 0.29) is 5.76 Å². The molecule has 0 fully saturated rings. The number of carbonyl (C=O) groups is 1. The number of furan rings is 1. The van der Waals surface area contributed by atoms with Crippen LogP contribution in [0.15, 0.2) is 22.6 Å². The first-order chi connectivity index (χ1) is 7.75. The molecule has 4 nitrogen and oxygen atoms in total. The fourth-order valence-corrected chi connectivity index (χ4v) is 2.10. The Bertz CT molecular complexity index is 571. The second kappa shape index (κ2) is 3.27. The number of ether oxygens (including phenoxy) is 1. The largest absolute Gasteiger partial charge is 0.493 e. The topological polar surface area (TPSA) is 65.5 Å². The lowest BCUT2D eigenvalue weighted by molar-refractivity contribution is 0.0976. The summed E-state index contributed by atoms with van der Waals surface area (Å²) in [5, 5.41) is 0.936. The van der Waals surface area contributed by atoms with Crippen LogP contribution in [0.2, 0.25) is 0 Å². The van der Waals surface area contributed by atoms with Gasteiger partial charge in [-0.2, -0.15) is 0 Å². The number of hydrogen-bond acceptors (Lipinski definition) is 3. The van der Waals surface area contributed by atoms with E-state index >= 15 is 0 Å². The molecule has 82 valence electrons. The van der Waals surface area contributed by atoms with Crippen molar-refractivity contribution < 1.29 is 13.9 Å². The second-order valence-electron chi connectivity index (χ2n) is 3.88. The van der Waals surface area contributed by atoms with Crippen molar-refractivity contribution in [1.82, 2.24) is 0 Å². The summed E-state index contributed by atoms with van der Waals surface area (Å²) in [6.07, 6.45) is 1.94. The van der Waals surface area contributed by atoms with E-state index in [2.05, 4.69) is 0 Å². The van der Waals surface area contributed by atoms with Crippen LogP contribution in [-0.2, 0) is 6.42 Å². The van der Waals surface area contributed by atoms with Gasteiger partial charge in [0.15, 0.2) is 5.76 Å². The van der Waals surface area contributed by atoms with Gasteiger partial charge in [-0.3, -0.25) is 4.79 Å². The van der Waals surface area contributed by atoms with Gasteiger partial charge in [-0.25, -0.2) is 0 Å². The fraction of sp³-hybridized carbons (Fsp3) is 0.250. The number of fused-ring (bicyclic) bond motifs is 3. The number of amides is 1. The second-order valence-corrected chi connectivity index (χ2v) is 3.88. The first kappa shape index (κ1) is 9.27. The Morgan fingerprint density at radius 2 is 2.25 bits per heavy atom. The lowest BCUT2D eigenvalue weighted by Gasteiger charge is -2.17. The average molecular weight is 217 g/mol. The minimum atomic E-state index is -0.540. The van der Waals surface area contributed by atoms with Crippen LogP contribution in [0.5, 0.6) is 5.75 Å². The maximum absolute atomic E-state index is 11.0. The Balaban J connectivity index is 2.26. The van der Waals surface area contributed by atoms with Gasteiger partial charge in [0, 0.05) is 10.9 Å². The van der Waals surface area contributed by atoms with Crippen molar-refractivity contribution in [3.05, 3.63) is 29.5 Å². The number of benzene rings is 1. The molecule has 1 aliphatic rings. The number of nitrogens with two attached hydrogens (primary N) is 1. The number of rotatable bonds is 1. The fourth-order valence-electron chi connectivity index (χ4n) is 2.10. The molecule has 0 atom stereocenters. The van der Waals surface area contributed by atoms with Gasteiger partial charge < -0.3 is 14.9 Å². The van der Waals surface area contributed by atoms with Crippen molar-refractivity contribution in [1.29, 1.82) is 0 Å². The summed E-state index contributed by atoms with van der Waals surface area (Å²) in [5.41, 5.74) is 6.99. The quantitative estimate of drug-likeness (QED) is 0.792. The highest BCUT2D eigenvalue weighted by molar-refractivity contribution is 5.96. The Labute approximate surface area is 92.0 Å². The molecule has 0 saturated heterocycles. The third-order valence-corrected chi connectivity index (χ3v) is 2.84. The normalized spacial score (nSPS) is 14.5. The smallest absolute Gasteiger partial charge is 0.284 e. The molecule has 1 aromatic heterocycles. The highest BCUT2D eigenvalue weighted by Crippen LogP contribution is 2.33. The van der Waals surface area contributed by atoms with Crippen LogP contribution in [0, 0.1) is 0 Å². The predicted octanol–water partition coefficient (Wildman–Crippen LogP) is 1.86. The summed E-state index contributed by atoms with van der Waals surface area (Å²) in [6.45, 7) is 0.749. The van der Waals surface area contributed by atoms with E-state index in [1.165, 1.54) is 0 Å². The summed E-state index contributed by atoms with van der Waals surface area (Å²) < 4.78 is 10.9. The molecule has 0 aliphatic carbocycles. The van der Waals surface area contributed by atoms with Crippen LogP contribution in [0.25, 0.3) is 11.0 Å². The molecule has 2 heterocycles. The van der Waals surface area contributed by atoms with Gasteiger partial charge in [0.1, 0.15) is 11.3 Å². The Hall–Kier alpha value is -1.97. The van der Waals surface area contributed by atoms with Crippen molar-refractivity contribution in [3.8, 4) is 5.75 Å². The molecule has 1 aliphatic heterocycles. The maximum atomic E-state index is 11.0. The molecule has 0 spiro atoms. The minimum Gasteiger partial charge on any atom is -0.493 e. The van der Waals surface area contributed by atoms with Crippen LogP contribution >= 0.6 is 0 Å². The standard InChI is InChI=1S/C12H11NO3/c13-12(14)11-6-8-7-2-1-5-15-9(7)3-4-10(8)16-11/h3-4,6H,1-2,5H2,(H2,13,14). The number of aryl methyl sites for hydroxylation is 1. The summed E-state index contributed by atoms with van der Waals surface area (Å²) in [7, 11) is 0. The Morgan fingerprint density at radius 3 is 3.06 bits per heavy atom. The molecule has 2 aromatic rings. The van der Waals surface area contributed by atoms with E-state index in [1.807, 2.05) is 12.1 Å².